The molecule has 2 rings (SSSR count). The SMILES string of the molecule is CC(Nc1ccnc(N)c1)c1ccsc1. The van der Waals surface area contributed by atoms with Gasteiger partial charge in [-0.1, -0.05) is 0 Å². The number of nitrogens with one attached hydrogen (secondary N) is 1. The number of anilines is 2. The summed E-state index contributed by atoms with van der Waals surface area (Å²) in [5, 5.41) is 7.59. The number of hydrogen-bond acceptors (Lipinski definition) is 4. The Labute approximate surface area is 93.0 Å². The third-order valence-electron chi connectivity index (χ3n) is 2.21. The minimum absolute atomic E-state index is 0.290. The van der Waals surface area contributed by atoms with Crippen LogP contribution >= 0.6 is 11.3 Å². The van der Waals surface area contributed by atoms with Crippen molar-refractivity contribution in [2.45, 2.75) is 13.0 Å². The predicted molar refractivity (Wildman–Crippen MR) is 65.0 cm³/mol. The first-order chi connectivity index (χ1) is 7.25. The maximum Gasteiger partial charge on any atom is 0.125 e. The first-order valence-electron chi connectivity index (χ1n) is 4.76. The molecule has 0 amide bonds. The number of nitrogens with zero attached hydrogens (tertiary/aromatic N) is 1. The van der Waals surface area contributed by atoms with Crippen molar-refractivity contribution in [1.82, 2.24) is 4.98 Å². The van der Waals surface area contributed by atoms with E-state index in [-0.39, 0.29) is 6.04 Å². The average molecular weight is 219 g/mol. The van der Waals surface area contributed by atoms with E-state index in [2.05, 4.69) is 34.1 Å². The molecule has 3 N–H and O–H groups in total. The largest absolute Gasteiger partial charge is 0.384 e. The molecule has 1 unspecified atom stereocenters. The van der Waals surface area contributed by atoms with Crippen molar-refractivity contribution in [3.63, 3.8) is 0 Å². The van der Waals surface area contributed by atoms with Crippen LogP contribution in [0.4, 0.5) is 11.5 Å². The lowest BCUT2D eigenvalue weighted by atomic mass is 10.2. The normalized spacial score (nSPS) is 12.3. The Morgan fingerprint density at radius 1 is 1.47 bits per heavy atom. The minimum Gasteiger partial charge on any atom is -0.384 e. The molecule has 1 atom stereocenters. The fourth-order valence-corrected chi connectivity index (χ4v) is 2.15. The lowest BCUT2D eigenvalue weighted by molar-refractivity contribution is 0.890. The Morgan fingerprint density at radius 2 is 2.33 bits per heavy atom. The summed E-state index contributed by atoms with van der Waals surface area (Å²) in [7, 11) is 0. The molecule has 2 heterocycles. The lowest BCUT2D eigenvalue weighted by Crippen LogP contribution is -2.05. The highest BCUT2D eigenvalue weighted by molar-refractivity contribution is 7.07. The Bertz CT molecular complexity index is 425. The monoisotopic (exact) mass is 219 g/mol. The summed E-state index contributed by atoms with van der Waals surface area (Å²) >= 11 is 1.70. The van der Waals surface area contributed by atoms with Gasteiger partial charge in [0.05, 0.1) is 0 Å². The molecular formula is C11H13N3S. The Hall–Kier alpha value is -1.55. The summed E-state index contributed by atoms with van der Waals surface area (Å²) in [4.78, 5) is 3.95. The Morgan fingerprint density at radius 3 is 3.00 bits per heavy atom. The zero-order valence-corrected chi connectivity index (χ0v) is 9.29. The fourth-order valence-electron chi connectivity index (χ4n) is 1.39. The summed E-state index contributed by atoms with van der Waals surface area (Å²) in [6.07, 6.45) is 1.71. The minimum atomic E-state index is 0.290. The van der Waals surface area contributed by atoms with Gasteiger partial charge in [0.1, 0.15) is 5.82 Å². The quantitative estimate of drug-likeness (QED) is 0.834. The zero-order chi connectivity index (χ0) is 10.7. The number of hydrogen-bond donors (Lipinski definition) is 2. The number of nitrogen functional groups attached to an aromatic ring is 1. The molecule has 78 valence electrons. The molecule has 0 aliphatic carbocycles. The van der Waals surface area contributed by atoms with Crippen LogP contribution in [0.3, 0.4) is 0 Å². The van der Waals surface area contributed by atoms with Crippen LogP contribution in [-0.4, -0.2) is 4.98 Å². The van der Waals surface area contributed by atoms with Crippen molar-refractivity contribution in [2.75, 3.05) is 11.1 Å². The lowest BCUT2D eigenvalue weighted by Gasteiger charge is -2.13. The molecule has 15 heavy (non-hydrogen) atoms. The van der Waals surface area contributed by atoms with Crippen LogP contribution in [0.25, 0.3) is 0 Å². The number of thiophene rings is 1. The van der Waals surface area contributed by atoms with E-state index in [9.17, 15) is 0 Å². The van der Waals surface area contributed by atoms with Gasteiger partial charge in [0.2, 0.25) is 0 Å². The molecule has 0 radical (unpaired) electrons. The number of aromatic nitrogens is 1. The van der Waals surface area contributed by atoms with Crippen LogP contribution < -0.4 is 11.1 Å². The molecule has 0 fully saturated rings. The maximum atomic E-state index is 5.60. The molecule has 0 saturated heterocycles. The van der Waals surface area contributed by atoms with E-state index in [0.717, 1.165) is 5.69 Å². The molecule has 3 nitrogen and oxygen atoms in total. The topological polar surface area (TPSA) is 50.9 Å². The standard InChI is InChI=1S/C11H13N3S/c1-8(9-3-5-15-7-9)14-10-2-4-13-11(12)6-10/h2-8H,1H3,(H3,12,13,14). The number of nitrogens with two attached hydrogens (primary N) is 1. The molecular weight excluding hydrogens is 206 g/mol. The third-order valence-corrected chi connectivity index (χ3v) is 2.91. The Kier molecular flexibility index (Phi) is 2.87. The average Bonchev–Trinajstić information content (AvgIpc) is 2.70. The van der Waals surface area contributed by atoms with Crippen LogP contribution in [-0.2, 0) is 0 Å². The van der Waals surface area contributed by atoms with Crippen LogP contribution in [0.1, 0.15) is 18.5 Å². The van der Waals surface area contributed by atoms with Gasteiger partial charge in [0.15, 0.2) is 0 Å². The van der Waals surface area contributed by atoms with Crippen LogP contribution in [0.15, 0.2) is 35.2 Å². The van der Waals surface area contributed by atoms with Crippen molar-refractivity contribution in [3.05, 3.63) is 40.7 Å². The second-order valence-electron chi connectivity index (χ2n) is 3.39. The molecule has 2 aromatic heterocycles. The summed E-state index contributed by atoms with van der Waals surface area (Å²) in [5.41, 5.74) is 7.89. The van der Waals surface area contributed by atoms with E-state index < -0.39 is 0 Å². The van der Waals surface area contributed by atoms with E-state index in [4.69, 9.17) is 5.73 Å². The molecule has 0 aromatic carbocycles. The maximum absolute atomic E-state index is 5.60. The molecule has 0 saturated carbocycles. The molecule has 0 spiro atoms. The zero-order valence-electron chi connectivity index (χ0n) is 8.47. The van der Waals surface area contributed by atoms with Gasteiger partial charge in [0.25, 0.3) is 0 Å². The van der Waals surface area contributed by atoms with Gasteiger partial charge in [-0.15, -0.1) is 0 Å². The van der Waals surface area contributed by atoms with E-state index in [1.807, 2.05) is 12.1 Å². The third kappa shape index (κ3) is 2.47. The second kappa shape index (κ2) is 4.31. The van der Waals surface area contributed by atoms with Gasteiger partial charge < -0.3 is 11.1 Å². The first-order valence-corrected chi connectivity index (χ1v) is 5.70. The highest BCUT2D eigenvalue weighted by Crippen LogP contribution is 2.21. The first kappa shape index (κ1) is 9.98. The van der Waals surface area contributed by atoms with E-state index >= 15 is 0 Å². The van der Waals surface area contributed by atoms with Crippen LogP contribution in [0.2, 0.25) is 0 Å². The van der Waals surface area contributed by atoms with Crippen LogP contribution in [0, 0.1) is 0 Å². The van der Waals surface area contributed by atoms with E-state index in [0.29, 0.717) is 5.82 Å². The van der Waals surface area contributed by atoms with Gasteiger partial charge in [-0.25, -0.2) is 4.98 Å². The van der Waals surface area contributed by atoms with Crippen molar-refractivity contribution in [2.24, 2.45) is 0 Å². The molecule has 0 bridgehead atoms. The molecule has 2 aromatic rings. The fraction of sp³-hybridized carbons (Fsp3) is 0.182. The van der Waals surface area contributed by atoms with E-state index in [1.54, 1.807) is 17.5 Å². The van der Waals surface area contributed by atoms with Crippen molar-refractivity contribution >= 4 is 22.8 Å². The molecule has 0 aliphatic rings. The van der Waals surface area contributed by atoms with Crippen molar-refractivity contribution < 1.29 is 0 Å². The summed E-state index contributed by atoms with van der Waals surface area (Å²) in [5.74, 6) is 0.539. The number of pyridine rings is 1. The van der Waals surface area contributed by atoms with Gasteiger partial charge in [0, 0.05) is 24.0 Å². The summed E-state index contributed by atoms with van der Waals surface area (Å²) in [6, 6.07) is 6.16. The smallest absolute Gasteiger partial charge is 0.125 e. The summed E-state index contributed by atoms with van der Waals surface area (Å²) in [6.45, 7) is 2.12. The molecule has 4 heteroatoms. The second-order valence-corrected chi connectivity index (χ2v) is 4.17. The van der Waals surface area contributed by atoms with Gasteiger partial charge in [-0.3, -0.25) is 0 Å². The highest BCUT2D eigenvalue weighted by atomic mass is 32.1. The predicted octanol–water partition coefficient (Wildman–Crippen LogP) is 2.90. The number of rotatable bonds is 3. The van der Waals surface area contributed by atoms with Gasteiger partial charge >= 0.3 is 0 Å². The van der Waals surface area contributed by atoms with Gasteiger partial charge in [-0.05, 0) is 35.4 Å². The van der Waals surface area contributed by atoms with Crippen LogP contribution in [0.5, 0.6) is 0 Å². The highest BCUT2D eigenvalue weighted by Gasteiger charge is 2.05. The van der Waals surface area contributed by atoms with E-state index in [1.165, 1.54) is 5.56 Å². The molecule has 0 aliphatic heterocycles. The van der Waals surface area contributed by atoms with Crippen molar-refractivity contribution in [1.29, 1.82) is 0 Å². The van der Waals surface area contributed by atoms with Crippen molar-refractivity contribution in [3.8, 4) is 0 Å². The summed E-state index contributed by atoms with van der Waals surface area (Å²) < 4.78 is 0. The Balaban J connectivity index is 2.09. The van der Waals surface area contributed by atoms with Gasteiger partial charge in [-0.2, -0.15) is 11.3 Å².